The van der Waals surface area contributed by atoms with Gasteiger partial charge in [0.05, 0.1) is 22.4 Å². The second-order valence-corrected chi connectivity index (χ2v) is 11.5. The maximum atomic E-state index is 14.8. The van der Waals surface area contributed by atoms with Crippen LogP contribution in [0.5, 0.6) is 0 Å². The predicted octanol–water partition coefficient (Wildman–Crippen LogP) is 5.68. The molecule has 0 spiro atoms. The molecule has 0 aromatic heterocycles. The minimum absolute atomic E-state index is 0.0668. The SMILES string of the molecule is CCCCC1(CCCC)CS(=O)(=O)c2c(cc(F)cc2N(C)C)[C@@H](c2ccc(F)cc2)[C@H]1O. The molecule has 2 aromatic carbocycles. The van der Waals surface area contributed by atoms with Gasteiger partial charge >= 0.3 is 0 Å². The zero-order valence-corrected chi connectivity index (χ0v) is 20.8. The molecule has 0 aliphatic carbocycles. The molecule has 0 fully saturated rings. The summed E-state index contributed by atoms with van der Waals surface area (Å²) in [7, 11) is -0.502. The lowest BCUT2D eigenvalue weighted by atomic mass is 9.68. The summed E-state index contributed by atoms with van der Waals surface area (Å²) in [5.41, 5.74) is 0.205. The zero-order chi connectivity index (χ0) is 24.4. The number of fused-ring (bicyclic) bond motifs is 1. The number of anilines is 1. The van der Waals surface area contributed by atoms with Crippen molar-refractivity contribution in [1.29, 1.82) is 0 Å². The number of halogens is 2. The van der Waals surface area contributed by atoms with Gasteiger partial charge in [0.1, 0.15) is 11.6 Å². The van der Waals surface area contributed by atoms with Crippen LogP contribution in [0, 0.1) is 17.0 Å². The van der Waals surface area contributed by atoms with E-state index in [4.69, 9.17) is 0 Å². The molecule has 1 aliphatic heterocycles. The van der Waals surface area contributed by atoms with Gasteiger partial charge in [-0.3, -0.25) is 0 Å². The molecule has 0 radical (unpaired) electrons. The van der Waals surface area contributed by atoms with Crippen molar-refractivity contribution in [1.82, 2.24) is 0 Å². The van der Waals surface area contributed by atoms with Crippen molar-refractivity contribution in [3.8, 4) is 0 Å². The van der Waals surface area contributed by atoms with Gasteiger partial charge in [-0.1, -0.05) is 51.7 Å². The molecular formula is C26H35F2NO3S. The van der Waals surface area contributed by atoms with E-state index in [2.05, 4.69) is 0 Å². The third-order valence-electron chi connectivity index (χ3n) is 6.90. The Labute approximate surface area is 196 Å². The summed E-state index contributed by atoms with van der Waals surface area (Å²) in [5, 5.41) is 11.9. The van der Waals surface area contributed by atoms with E-state index in [0.29, 0.717) is 18.4 Å². The van der Waals surface area contributed by atoms with E-state index in [1.807, 2.05) is 13.8 Å². The van der Waals surface area contributed by atoms with Crippen LogP contribution in [0.1, 0.15) is 69.4 Å². The Morgan fingerprint density at radius 2 is 1.58 bits per heavy atom. The summed E-state index contributed by atoms with van der Waals surface area (Å²) < 4.78 is 56.4. The van der Waals surface area contributed by atoms with Crippen molar-refractivity contribution in [3.05, 3.63) is 59.2 Å². The Kier molecular flexibility index (Phi) is 7.84. The van der Waals surface area contributed by atoms with E-state index in [0.717, 1.165) is 25.7 Å². The molecule has 182 valence electrons. The number of nitrogens with zero attached hydrogens (tertiary/aromatic N) is 1. The molecule has 4 nitrogen and oxygen atoms in total. The Morgan fingerprint density at radius 3 is 2.09 bits per heavy atom. The maximum Gasteiger partial charge on any atom is 0.181 e. The van der Waals surface area contributed by atoms with Crippen LogP contribution in [0.3, 0.4) is 0 Å². The average molecular weight is 480 g/mol. The van der Waals surface area contributed by atoms with Gasteiger partial charge < -0.3 is 10.0 Å². The minimum atomic E-state index is -3.86. The van der Waals surface area contributed by atoms with Gasteiger partial charge in [0, 0.05) is 25.4 Å². The lowest BCUT2D eigenvalue weighted by Gasteiger charge is -2.40. The summed E-state index contributed by atoms with van der Waals surface area (Å²) in [6.45, 7) is 4.08. The molecule has 33 heavy (non-hydrogen) atoms. The molecule has 0 saturated carbocycles. The normalized spacial score (nSPS) is 21.3. The molecule has 3 rings (SSSR count). The molecule has 1 N–H and O–H groups in total. The van der Waals surface area contributed by atoms with Crippen LogP contribution in [-0.2, 0) is 9.84 Å². The highest BCUT2D eigenvalue weighted by Crippen LogP contribution is 2.51. The van der Waals surface area contributed by atoms with Crippen molar-refractivity contribution in [3.63, 3.8) is 0 Å². The Balaban J connectivity index is 2.37. The Bertz CT molecular complexity index is 1060. The second kappa shape index (κ2) is 10.1. The van der Waals surface area contributed by atoms with Crippen LogP contribution in [0.15, 0.2) is 41.3 Å². The number of aliphatic hydroxyl groups is 1. The molecule has 2 aromatic rings. The first-order valence-corrected chi connectivity index (χ1v) is 13.4. The summed E-state index contributed by atoms with van der Waals surface area (Å²) in [6, 6.07) is 8.19. The van der Waals surface area contributed by atoms with Gasteiger partial charge in [0.25, 0.3) is 0 Å². The summed E-state index contributed by atoms with van der Waals surface area (Å²) >= 11 is 0. The van der Waals surface area contributed by atoms with Crippen molar-refractivity contribution in [2.45, 2.75) is 69.3 Å². The van der Waals surface area contributed by atoms with E-state index >= 15 is 0 Å². The smallest absolute Gasteiger partial charge is 0.181 e. The summed E-state index contributed by atoms with van der Waals surface area (Å²) in [4.78, 5) is 1.66. The molecule has 1 aliphatic rings. The van der Waals surface area contributed by atoms with E-state index in [9.17, 15) is 22.3 Å². The molecule has 1 heterocycles. The van der Waals surface area contributed by atoms with Crippen LogP contribution in [-0.4, -0.2) is 39.5 Å². The van der Waals surface area contributed by atoms with Crippen molar-refractivity contribution >= 4 is 15.5 Å². The molecule has 2 atom stereocenters. The number of hydrogen-bond donors (Lipinski definition) is 1. The van der Waals surface area contributed by atoms with E-state index in [-0.39, 0.29) is 21.9 Å². The fourth-order valence-electron chi connectivity index (χ4n) is 5.22. The van der Waals surface area contributed by atoms with Crippen molar-refractivity contribution in [2.75, 3.05) is 24.7 Å². The molecule has 7 heteroatoms. The number of rotatable bonds is 8. The monoisotopic (exact) mass is 479 g/mol. The summed E-state index contributed by atoms with van der Waals surface area (Å²) in [6.07, 6.45) is 3.33. The molecule has 0 amide bonds. The number of hydrogen-bond acceptors (Lipinski definition) is 4. The number of aliphatic hydroxyl groups excluding tert-OH is 1. The molecule has 0 bridgehead atoms. The van der Waals surface area contributed by atoms with Gasteiger partial charge in [0.15, 0.2) is 9.84 Å². The zero-order valence-electron chi connectivity index (χ0n) is 19.9. The predicted molar refractivity (Wildman–Crippen MR) is 129 cm³/mol. The highest BCUT2D eigenvalue weighted by Gasteiger charge is 2.50. The van der Waals surface area contributed by atoms with Crippen LogP contribution in [0.4, 0.5) is 14.5 Å². The first kappa shape index (κ1) is 25.6. The molecule has 0 saturated heterocycles. The Morgan fingerprint density at radius 1 is 1.00 bits per heavy atom. The van der Waals surface area contributed by atoms with Gasteiger partial charge in [-0.2, -0.15) is 0 Å². The first-order chi connectivity index (χ1) is 15.6. The highest BCUT2D eigenvalue weighted by molar-refractivity contribution is 7.91. The highest BCUT2D eigenvalue weighted by atomic mass is 32.2. The third kappa shape index (κ3) is 5.09. The van der Waals surface area contributed by atoms with Crippen molar-refractivity contribution in [2.24, 2.45) is 5.41 Å². The topological polar surface area (TPSA) is 57.6 Å². The van der Waals surface area contributed by atoms with Crippen LogP contribution in [0.25, 0.3) is 0 Å². The van der Waals surface area contributed by atoms with Gasteiger partial charge in [-0.05, 0) is 48.2 Å². The quantitative estimate of drug-likeness (QED) is 0.495. The fourth-order valence-corrected chi connectivity index (χ4v) is 7.68. The average Bonchev–Trinajstić information content (AvgIpc) is 2.82. The minimum Gasteiger partial charge on any atom is -0.392 e. The third-order valence-corrected chi connectivity index (χ3v) is 8.92. The van der Waals surface area contributed by atoms with Crippen LogP contribution in [0.2, 0.25) is 0 Å². The number of sulfone groups is 1. The van der Waals surface area contributed by atoms with E-state index in [1.165, 1.54) is 24.3 Å². The molecule has 0 unspecified atom stereocenters. The van der Waals surface area contributed by atoms with Gasteiger partial charge in [-0.15, -0.1) is 0 Å². The van der Waals surface area contributed by atoms with Crippen LogP contribution < -0.4 is 4.90 Å². The second-order valence-electron chi connectivity index (χ2n) is 9.54. The largest absolute Gasteiger partial charge is 0.392 e. The first-order valence-electron chi connectivity index (χ1n) is 11.7. The maximum absolute atomic E-state index is 14.8. The summed E-state index contributed by atoms with van der Waals surface area (Å²) in [5.74, 6) is -1.98. The lowest BCUT2D eigenvalue weighted by molar-refractivity contribution is 0.0126. The van der Waals surface area contributed by atoms with Gasteiger partial charge in [-0.25, -0.2) is 17.2 Å². The fraction of sp³-hybridized carbons (Fsp3) is 0.538. The van der Waals surface area contributed by atoms with E-state index < -0.39 is 38.9 Å². The molecular weight excluding hydrogens is 444 g/mol. The van der Waals surface area contributed by atoms with Crippen molar-refractivity contribution < 1.29 is 22.3 Å². The lowest BCUT2D eigenvalue weighted by Crippen LogP contribution is -2.43. The standard InChI is InChI=1S/C26H35F2NO3S/c1-5-7-13-26(14-8-6-2)17-33(31,32)24-21(15-20(28)16-22(24)29(3)4)23(25(26)30)18-9-11-19(27)12-10-18/h9-12,15-16,23,25,30H,5-8,13-14,17H2,1-4H3/t23-,25-/m1/s1. The van der Waals surface area contributed by atoms with Crippen LogP contribution >= 0.6 is 0 Å². The number of benzene rings is 2. The van der Waals surface area contributed by atoms with Gasteiger partial charge in [0.2, 0.25) is 0 Å². The number of unbranched alkanes of at least 4 members (excludes halogenated alkanes) is 2. The Hall–Kier alpha value is -1.99. The van der Waals surface area contributed by atoms with E-state index in [1.54, 1.807) is 31.1 Å².